The van der Waals surface area contributed by atoms with E-state index in [1.807, 2.05) is 0 Å². The average molecular weight is 409 g/mol. The standard InChI is InChI=1S/C24H40O5/c1-29-24-14-17(7-9-23(24)28)3-5-19-10-18(12-21(26)13-19)4-2-16-6-8-22(27)20(11-16)15-25/h2-5,16-28H,6-15H2,1H3/b4-2+,5-3+. The molecule has 3 rings (SSSR count). The Morgan fingerprint density at radius 2 is 1.24 bits per heavy atom. The Morgan fingerprint density at radius 1 is 0.690 bits per heavy atom. The highest BCUT2D eigenvalue weighted by Gasteiger charge is 2.30. The van der Waals surface area contributed by atoms with Crippen LogP contribution < -0.4 is 0 Å². The SMILES string of the molecule is COC1CC(/C=C/C2CC(O)CC(/C=C/C3CCC(O)C(CO)C3)C2)CCC1O. The number of aliphatic hydroxyl groups is 4. The Labute approximate surface area is 175 Å². The van der Waals surface area contributed by atoms with Crippen LogP contribution in [0.2, 0.25) is 0 Å². The van der Waals surface area contributed by atoms with Crippen LogP contribution in [0.25, 0.3) is 0 Å². The van der Waals surface area contributed by atoms with Gasteiger partial charge >= 0.3 is 0 Å². The molecule has 0 aromatic carbocycles. The van der Waals surface area contributed by atoms with Crippen molar-refractivity contribution in [1.82, 2.24) is 0 Å². The molecule has 3 aliphatic rings. The molecule has 9 atom stereocenters. The van der Waals surface area contributed by atoms with Gasteiger partial charge in [0.05, 0.1) is 24.4 Å². The summed E-state index contributed by atoms with van der Waals surface area (Å²) in [5, 5.41) is 39.7. The van der Waals surface area contributed by atoms with E-state index >= 15 is 0 Å². The van der Waals surface area contributed by atoms with Crippen LogP contribution in [0.3, 0.4) is 0 Å². The molecule has 0 saturated heterocycles. The first kappa shape index (κ1) is 23.0. The fourth-order valence-electron chi connectivity index (χ4n) is 5.55. The molecule has 29 heavy (non-hydrogen) atoms. The molecule has 3 fully saturated rings. The van der Waals surface area contributed by atoms with E-state index in [4.69, 9.17) is 4.74 Å². The van der Waals surface area contributed by atoms with E-state index in [-0.39, 0.29) is 36.9 Å². The minimum atomic E-state index is -0.366. The molecule has 3 saturated carbocycles. The number of methoxy groups -OCH3 is 1. The molecule has 4 N–H and O–H groups in total. The van der Waals surface area contributed by atoms with Crippen LogP contribution in [0.5, 0.6) is 0 Å². The van der Waals surface area contributed by atoms with Crippen LogP contribution in [0.1, 0.15) is 57.8 Å². The van der Waals surface area contributed by atoms with Gasteiger partial charge in [-0.2, -0.15) is 0 Å². The van der Waals surface area contributed by atoms with E-state index < -0.39 is 0 Å². The Balaban J connectivity index is 1.51. The zero-order chi connectivity index (χ0) is 20.8. The van der Waals surface area contributed by atoms with Gasteiger partial charge in [0, 0.05) is 19.6 Å². The largest absolute Gasteiger partial charge is 0.396 e. The lowest BCUT2D eigenvalue weighted by Gasteiger charge is -2.33. The fraction of sp³-hybridized carbons (Fsp3) is 0.833. The zero-order valence-corrected chi connectivity index (χ0v) is 17.8. The van der Waals surface area contributed by atoms with Gasteiger partial charge in [0.2, 0.25) is 0 Å². The first-order chi connectivity index (χ1) is 14.0. The highest BCUT2D eigenvalue weighted by Crippen LogP contribution is 2.35. The fourth-order valence-corrected chi connectivity index (χ4v) is 5.55. The van der Waals surface area contributed by atoms with E-state index in [0.717, 1.165) is 57.8 Å². The van der Waals surface area contributed by atoms with Crippen molar-refractivity contribution in [1.29, 1.82) is 0 Å². The van der Waals surface area contributed by atoms with Crippen LogP contribution >= 0.6 is 0 Å². The normalized spacial score (nSPS) is 44.5. The summed E-state index contributed by atoms with van der Waals surface area (Å²) in [5.74, 6) is 1.63. The van der Waals surface area contributed by atoms with E-state index in [2.05, 4.69) is 24.3 Å². The van der Waals surface area contributed by atoms with Crippen molar-refractivity contribution < 1.29 is 25.2 Å². The number of hydrogen-bond donors (Lipinski definition) is 4. The summed E-state index contributed by atoms with van der Waals surface area (Å²) in [4.78, 5) is 0. The second-order valence-electron chi connectivity index (χ2n) is 9.65. The first-order valence-corrected chi connectivity index (χ1v) is 11.5. The van der Waals surface area contributed by atoms with Gasteiger partial charge in [-0.3, -0.25) is 0 Å². The molecule has 0 aliphatic heterocycles. The van der Waals surface area contributed by atoms with E-state index in [1.54, 1.807) is 7.11 Å². The summed E-state index contributed by atoms with van der Waals surface area (Å²) in [5.41, 5.74) is 0. The Bertz CT molecular complexity index is 501. The maximum Gasteiger partial charge on any atom is 0.0835 e. The Hall–Kier alpha value is -0.720. The molecule has 5 heteroatoms. The molecule has 0 radical (unpaired) electrons. The summed E-state index contributed by atoms with van der Waals surface area (Å²) >= 11 is 0. The van der Waals surface area contributed by atoms with Crippen LogP contribution in [-0.4, -0.2) is 58.6 Å². The van der Waals surface area contributed by atoms with Crippen LogP contribution in [0, 0.1) is 29.6 Å². The Kier molecular flexibility index (Phi) is 8.75. The van der Waals surface area contributed by atoms with Gasteiger partial charge in [-0.15, -0.1) is 0 Å². The molecule has 0 aromatic heterocycles. The van der Waals surface area contributed by atoms with Crippen molar-refractivity contribution in [3.63, 3.8) is 0 Å². The summed E-state index contributed by atoms with van der Waals surface area (Å²) in [6.45, 7) is 0.0582. The zero-order valence-electron chi connectivity index (χ0n) is 17.8. The predicted octanol–water partition coefficient (Wildman–Crippen LogP) is 2.82. The van der Waals surface area contributed by atoms with Crippen molar-refractivity contribution in [2.24, 2.45) is 29.6 Å². The molecular weight excluding hydrogens is 368 g/mol. The summed E-state index contributed by atoms with van der Waals surface area (Å²) in [6.07, 6.45) is 16.0. The molecular formula is C24H40O5. The van der Waals surface area contributed by atoms with Gasteiger partial charge < -0.3 is 25.2 Å². The van der Waals surface area contributed by atoms with Crippen molar-refractivity contribution in [2.75, 3.05) is 13.7 Å². The van der Waals surface area contributed by atoms with Gasteiger partial charge in [0.15, 0.2) is 0 Å². The van der Waals surface area contributed by atoms with Crippen molar-refractivity contribution in [3.05, 3.63) is 24.3 Å². The average Bonchev–Trinajstić information content (AvgIpc) is 2.72. The smallest absolute Gasteiger partial charge is 0.0835 e. The predicted molar refractivity (Wildman–Crippen MR) is 113 cm³/mol. The van der Waals surface area contributed by atoms with E-state index in [9.17, 15) is 20.4 Å². The monoisotopic (exact) mass is 408 g/mol. The Morgan fingerprint density at radius 3 is 1.83 bits per heavy atom. The highest BCUT2D eigenvalue weighted by molar-refractivity contribution is 5.03. The maximum absolute atomic E-state index is 10.4. The molecule has 9 unspecified atom stereocenters. The van der Waals surface area contributed by atoms with Gasteiger partial charge in [-0.05, 0) is 81.5 Å². The van der Waals surface area contributed by atoms with Crippen LogP contribution in [0.4, 0.5) is 0 Å². The molecule has 0 spiro atoms. The molecule has 3 aliphatic carbocycles. The molecule has 0 aromatic rings. The van der Waals surface area contributed by atoms with Crippen molar-refractivity contribution >= 4 is 0 Å². The lowest BCUT2D eigenvalue weighted by molar-refractivity contribution is -0.0449. The molecule has 0 heterocycles. The second kappa shape index (κ2) is 11.1. The minimum absolute atomic E-state index is 0.00374. The molecule has 166 valence electrons. The first-order valence-electron chi connectivity index (χ1n) is 11.5. The van der Waals surface area contributed by atoms with E-state index in [1.165, 1.54) is 0 Å². The van der Waals surface area contributed by atoms with Gasteiger partial charge in [0.25, 0.3) is 0 Å². The lowest BCUT2D eigenvalue weighted by Crippen LogP contribution is -2.34. The third kappa shape index (κ3) is 6.63. The number of allylic oxidation sites excluding steroid dienone is 4. The van der Waals surface area contributed by atoms with Crippen LogP contribution in [0.15, 0.2) is 24.3 Å². The number of aliphatic hydroxyl groups excluding tert-OH is 4. The van der Waals surface area contributed by atoms with Gasteiger partial charge in [-0.25, -0.2) is 0 Å². The number of rotatable bonds is 6. The maximum atomic E-state index is 10.4. The highest BCUT2D eigenvalue weighted by atomic mass is 16.5. The minimum Gasteiger partial charge on any atom is -0.396 e. The number of hydrogen-bond acceptors (Lipinski definition) is 5. The summed E-state index contributed by atoms with van der Waals surface area (Å²) in [7, 11) is 1.67. The number of ether oxygens (including phenoxy) is 1. The lowest BCUT2D eigenvalue weighted by atomic mass is 9.76. The van der Waals surface area contributed by atoms with Gasteiger partial charge in [-0.1, -0.05) is 24.3 Å². The van der Waals surface area contributed by atoms with Crippen molar-refractivity contribution in [2.45, 2.75) is 82.2 Å². The van der Waals surface area contributed by atoms with Crippen LogP contribution in [-0.2, 0) is 4.74 Å². The summed E-state index contributed by atoms with van der Waals surface area (Å²) in [6, 6.07) is 0. The molecule has 0 amide bonds. The quantitative estimate of drug-likeness (QED) is 0.508. The summed E-state index contributed by atoms with van der Waals surface area (Å²) < 4.78 is 5.41. The van der Waals surface area contributed by atoms with E-state index in [0.29, 0.717) is 23.7 Å². The topological polar surface area (TPSA) is 90.2 Å². The molecule has 5 nitrogen and oxygen atoms in total. The molecule has 0 bridgehead atoms. The van der Waals surface area contributed by atoms with Gasteiger partial charge in [0.1, 0.15) is 0 Å². The van der Waals surface area contributed by atoms with Crippen molar-refractivity contribution in [3.8, 4) is 0 Å². The third-order valence-corrected chi connectivity index (χ3v) is 7.38. The second-order valence-corrected chi connectivity index (χ2v) is 9.65. The third-order valence-electron chi connectivity index (χ3n) is 7.38.